The van der Waals surface area contributed by atoms with E-state index >= 15 is 0 Å². The van der Waals surface area contributed by atoms with Gasteiger partial charge in [0.2, 0.25) is 0 Å². The molecule has 1 N–H and O–H groups in total. The summed E-state index contributed by atoms with van der Waals surface area (Å²) >= 11 is 0. The van der Waals surface area contributed by atoms with Gasteiger partial charge in [-0.15, -0.1) is 0 Å². The van der Waals surface area contributed by atoms with Crippen LogP contribution in [-0.4, -0.2) is 63.0 Å². The summed E-state index contributed by atoms with van der Waals surface area (Å²) < 4.78 is 11.5. The second kappa shape index (κ2) is 8.47. The lowest BCUT2D eigenvalue weighted by molar-refractivity contribution is -0.0299. The van der Waals surface area contributed by atoms with E-state index in [0.717, 1.165) is 39.5 Å². The topological polar surface area (TPSA) is 33.7 Å². The van der Waals surface area contributed by atoms with E-state index in [2.05, 4.69) is 51.9 Å². The number of likely N-dealkylation sites (N-methyl/N-ethyl adjacent to an activating group) is 1. The van der Waals surface area contributed by atoms with Gasteiger partial charge < -0.3 is 19.7 Å². The standard InChI is InChI=1S/C17H36N2O2/c1-15(2)21-11-9-19(6)13-17(8-7-10-20-14-17)12-18-16(3,4)5/h15,18H,7-14H2,1-6H3. The van der Waals surface area contributed by atoms with Gasteiger partial charge in [0, 0.05) is 37.2 Å². The number of rotatable bonds is 8. The molecule has 1 aliphatic rings. The normalized spacial score (nSPS) is 24.0. The van der Waals surface area contributed by atoms with Crippen LogP contribution in [0.1, 0.15) is 47.5 Å². The molecule has 1 heterocycles. The molecule has 0 amide bonds. The first-order chi connectivity index (χ1) is 9.72. The third kappa shape index (κ3) is 8.15. The fourth-order valence-electron chi connectivity index (χ4n) is 2.78. The molecule has 1 rings (SSSR count). The second-order valence-corrected chi connectivity index (χ2v) is 7.92. The summed E-state index contributed by atoms with van der Waals surface area (Å²) in [7, 11) is 2.19. The Morgan fingerprint density at radius 1 is 1.33 bits per heavy atom. The Balaban J connectivity index is 2.48. The largest absolute Gasteiger partial charge is 0.381 e. The molecule has 0 aromatic carbocycles. The minimum absolute atomic E-state index is 0.157. The van der Waals surface area contributed by atoms with Crippen LogP contribution in [0.4, 0.5) is 0 Å². The fourth-order valence-corrected chi connectivity index (χ4v) is 2.78. The molecule has 1 fully saturated rings. The van der Waals surface area contributed by atoms with Crippen LogP contribution in [0.2, 0.25) is 0 Å². The molecule has 1 saturated heterocycles. The van der Waals surface area contributed by atoms with Gasteiger partial charge in [0.15, 0.2) is 0 Å². The van der Waals surface area contributed by atoms with Crippen molar-refractivity contribution >= 4 is 0 Å². The van der Waals surface area contributed by atoms with Crippen molar-refractivity contribution in [2.24, 2.45) is 5.41 Å². The Kier molecular flexibility index (Phi) is 7.62. The van der Waals surface area contributed by atoms with E-state index < -0.39 is 0 Å². The van der Waals surface area contributed by atoms with Crippen LogP contribution in [0.5, 0.6) is 0 Å². The van der Waals surface area contributed by atoms with E-state index in [0.29, 0.717) is 6.10 Å². The number of ether oxygens (including phenoxy) is 2. The van der Waals surface area contributed by atoms with Crippen molar-refractivity contribution in [1.82, 2.24) is 10.2 Å². The molecule has 0 radical (unpaired) electrons. The highest BCUT2D eigenvalue weighted by molar-refractivity contribution is 4.89. The molecule has 126 valence electrons. The lowest BCUT2D eigenvalue weighted by Gasteiger charge is -2.41. The van der Waals surface area contributed by atoms with E-state index in [4.69, 9.17) is 9.47 Å². The molecule has 0 aliphatic carbocycles. The lowest BCUT2D eigenvalue weighted by atomic mass is 9.81. The molecule has 1 unspecified atom stereocenters. The van der Waals surface area contributed by atoms with Crippen molar-refractivity contribution in [1.29, 1.82) is 0 Å². The summed E-state index contributed by atoms with van der Waals surface area (Å²) in [6.07, 6.45) is 2.72. The summed E-state index contributed by atoms with van der Waals surface area (Å²) in [5.41, 5.74) is 0.391. The molecule has 4 heteroatoms. The zero-order valence-corrected chi connectivity index (χ0v) is 15.0. The summed E-state index contributed by atoms with van der Waals surface area (Å²) in [5.74, 6) is 0. The van der Waals surface area contributed by atoms with Gasteiger partial charge in [-0.3, -0.25) is 0 Å². The maximum Gasteiger partial charge on any atom is 0.0596 e. The van der Waals surface area contributed by atoms with Crippen molar-refractivity contribution in [3.8, 4) is 0 Å². The molecular formula is C17H36N2O2. The van der Waals surface area contributed by atoms with Crippen LogP contribution in [0.3, 0.4) is 0 Å². The first kappa shape index (κ1) is 18.9. The van der Waals surface area contributed by atoms with Crippen LogP contribution >= 0.6 is 0 Å². The maximum absolute atomic E-state index is 5.80. The average Bonchev–Trinajstić information content (AvgIpc) is 2.36. The van der Waals surface area contributed by atoms with Crippen LogP contribution in [0.15, 0.2) is 0 Å². The van der Waals surface area contributed by atoms with Crippen molar-refractivity contribution in [3.63, 3.8) is 0 Å². The highest BCUT2D eigenvalue weighted by Gasteiger charge is 2.34. The Morgan fingerprint density at radius 3 is 2.57 bits per heavy atom. The van der Waals surface area contributed by atoms with E-state index in [1.807, 2.05) is 0 Å². The third-order valence-electron chi connectivity index (χ3n) is 3.93. The zero-order chi connectivity index (χ0) is 15.9. The van der Waals surface area contributed by atoms with Crippen molar-refractivity contribution in [2.75, 3.05) is 46.5 Å². The first-order valence-corrected chi connectivity index (χ1v) is 8.35. The molecule has 1 aliphatic heterocycles. The molecule has 0 saturated carbocycles. The Bertz CT molecular complexity index is 281. The average molecular weight is 300 g/mol. The minimum atomic E-state index is 0.157. The Labute approximate surface area is 131 Å². The van der Waals surface area contributed by atoms with Crippen molar-refractivity contribution in [2.45, 2.75) is 59.1 Å². The predicted octanol–water partition coefficient (Wildman–Crippen LogP) is 2.53. The third-order valence-corrected chi connectivity index (χ3v) is 3.93. The lowest BCUT2D eigenvalue weighted by Crippen LogP contribution is -2.52. The van der Waals surface area contributed by atoms with Crippen LogP contribution in [0.25, 0.3) is 0 Å². The second-order valence-electron chi connectivity index (χ2n) is 7.92. The highest BCUT2D eigenvalue weighted by Crippen LogP contribution is 2.29. The van der Waals surface area contributed by atoms with Gasteiger partial charge >= 0.3 is 0 Å². The Morgan fingerprint density at radius 2 is 2.05 bits per heavy atom. The summed E-state index contributed by atoms with van der Waals surface area (Å²) in [5, 5.41) is 3.67. The first-order valence-electron chi connectivity index (χ1n) is 8.35. The maximum atomic E-state index is 5.80. The molecule has 1 atom stereocenters. The number of hydrogen-bond donors (Lipinski definition) is 1. The van der Waals surface area contributed by atoms with Gasteiger partial charge in [-0.2, -0.15) is 0 Å². The SMILES string of the molecule is CC(C)OCCN(C)CC1(CNC(C)(C)C)CCCOC1. The summed E-state index contributed by atoms with van der Waals surface area (Å²) in [4.78, 5) is 2.39. The molecular weight excluding hydrogens is 264 g/mol. The molecule has 0 aromatic rings. The molecule has 0 spiro atoms. The Hall–Kier alpha value is -0.160. The molecule has 0 aromatic heterocycles. The number of hydrogen-bond acceptors (Lipinski definition) is 4. The summed E-state index contributed by atoms with van der Waals surface area (Å²) in [6, 6.07) is 0. The van der Waals surface area contributed by atoms with E-state index in [-0.39, 0.29) is 11.0 Å². The van der Waals surface area contributed by atoms with Crippen molar-refractivity contribution in [3.05, 3.63) is 0 Å². The molecule has 4 nitrogen and oxygen atoms in total. The van der Waals surface area contributed by atoms with Gasteiger partial charge in [0.05, 0.1) is 19.3 Å². The van der Waals surface area contributed by atoms with E-state index in [1.165, 1.54) is 12.8 Å². The smallest absolute Gasteiger partial charge is 0.0596 e. The van der Waals surface area contributed by atoms with Crippen LogP contribution in [0, 0.1) is 5.41 Å². The van der Waals surface area contributed by atoms with Gasteiger partial charge in [0.25, 0.3) is 0 Å². The van der Waals surface area contributed by atoms with Gasteiger partial charge in [0.1, 0.15) is 0 Å². The number of nitrogens with one attached hydrogen (secondary N) is 1. The predicted molar refractivity (Wildman–Crippen MR) is 88.8 cm³/mol. The van der Waals surface area contributed by atoms with Crippen LogP contribution < -0.4 is 5.32 Å². The quantitative estimate of drug-likeness (QED) is 0.747. The molecule has 21 heavy (non-hydrogen) atoms. The molecule has 0 bridgehead atoms. The number of nitrogens with zero attached hydrogens (tertiary/aromatic N) is 1. The van der Waals surface area contributed by atoms with E-state index in [1.54, 1.807) is 0 Å². The fraction of sp³-hybridized carbons (Fsp3) is 1.00. The monoisotopic (exact) mass is 300 g/mol. The van der Waals surface area contributed by atoms with E-state index in [9.17, 15) is 0 Å². The van der Waals surface area contributed by atoms with Crippen LogP contribution in [-0.2, 0) is 9.47 Å². The summed E-state index contributed by atoms with van der Waals surface area (Å²) in [6.45, 7) is 16.5. The van der Waals surface area contributed by atoms with Gasteiger partial charge in [-0.05, 0) is 54.5 Å². The zero-order valence-electron chi connectivity index (χ0n) is 15.0. The van der Waals surface area contributed by atoms with Gasteiger partial charge in [-0.25, -0.2) is 0 Å². The van der Waals surface area contributed by atoms with Gasteiger partial charge in [-0.1, -0.05) is 0 Å². The van der Waals surface area contributed by atoms with Crippen molar-refractivity contribution < 1.29 is 9.47 Å². The highest BCUT2D eigenvalue weighted by atomic mass is 16.5. The minimum Gasteiger partial charge on any atom is -0.381 e.